The minimum atomic E-state index is -0.175. The van der Waals surface area contributed by atoms with Gasteiger partial charge in [0.1, 0.15) is 5.78 Å². The number of hydrogen-bond acceptors (Lipinski definition) is 3. The first-order valence-electron chi connectivity index (χ1n) is 15.0. The van der Waals surface area contributed by atoms with Gasteiger partial charge in [0, 0.05) is 18.4 Å². The second-order valence-electron chi connectivity index (χ2n) is 15.3. The SMILES string of the molecule is CCC1C(=O)C2C3CCC(C(C)CCO)C3(C)CCC2C2(C)CCC(OC(C)(C)C(C)(C)C)CC12. The first-order chi connectivity index (χ1) is 16.2. The summed E-state index contributed by atoms with van der Waals surface area (Å²) in [6, 6.07) is 0. The monoisotopic (exact) mass is 488 g/mol. The molecule has 4 aliphatic rings. The second kappa shape index (κ2) is 9.40. The van der Waals surface area contributed by atoms with Gasteiger partial charge in [0.05, 0.1) is 11.7 Å². The minimum absolute atomic E-state index is 0.0887. The van der Waals surface area contributed by atoms with Crippen LogP contribution in [0.25, 0.3) is 0 Å². The molecule has 0 aromatic carbocycles. The van der Waals surface area contributed by atoms with Gasteiger partial charge in [-0.05, 0) is 117 Å². The molecule has 1 N–H and O–H groups in total. The fourth-order valence-corrected chi connectivity index (χ4v) is 9.70. The van der Waals surface area contributed by atoms with Gasteiger partial charge in [-0.3, -0.25) is 4.79 Å². The predicted molar refractivity (Wildman–Crippen MR) is 144 cm³/mol. The van der Waals surface area contributed by atoms with Crippen molar-refractivity contribution in [2.45, 2.75) is 132 Å². The quantitative estimate of drug-likeness (QED) is 0.417. The molecule has 0 radical (unpaired) electrons. The Morgan fingerprint density at radius 2 is 1.60 bits per heavy atom. The fraction of sp³-hybridized carbons (Fsp3) is 0.969. The fourth-order valence-electron chi connectivity index (χ4n) is 9.70. The number of Topliss-reactive ketones (excluding diaryl/α,β-unsaturated/α-hetero) is 1. The van der Waals surface area contributed by atoms with E-state index >= 15 is 0 Å². The van der Waals surface area contributed by atoms with Gasteiger partial charge >= 0.3 is 0 Å². The molecule has 0 aliphatic heterocycles. The van der Waals surface area contributed by atoms with E-state index in [1.165, 1.54) is 32.1 Å². The first kappa shape index (κ1) is 27.6. The Kier molecular flexibility index (Phi) is 7.42. The van der Waals surface area contributed by atoms with Gasteiger partial charge in [0.2, 0.25) is 0 Å². The standard InChI is InChI=1S/C32H56O3/c1-10-22-26-19-21(35-30(6,7)29(3,4)5)13-16-32(26,9)25-14-17-31(8)23(20(2)15-18-33)11-12-24(31)27(25)28(22)34/h20-27,33H,10-19H2,1-9H3. The lowest BCUT2D eigenvalue weighted by atomic mass is 9.42. The molecule has 3 nitrogen and oxygen atoms in total. The number of carbonyl (C=O) groups is 1. The van der Waals surface area contributed by atoms with E-state index in [9.17, 15) is 9.90 Å². The van der Waals surface area contributed by atoms with Crippen molar-refractivity contribution in [3.63, 3.8) is 0 Å². The van der Waals surface area contributed by atoms with Crippen LogP contribution in [0.15, 0.2) is 0 Å². The van der Waals surface area contributed by atoms with Crippen LogP contribution in [-0.4, -0.2) is 29.2 Å². The van der Waals surface area contributed by atoms with Gasteiger partial charge in [0.25, 0.3) is 0 Å². The van der Waals surface area contributed by atoms with E-state index in [1.807, 2.05) is 0 Å². The smallest absolute Gasteiger partial charge is 0.139 e. The Morgan fingerprint density at radius 1 is 0.971 bits per heavy atom. The molecule has 4 saturated carbocycles. The minimum Gasteiger partial charge on any atom is -0.396 e. The summed E-state index contributed by atoms with van der Waals surface area (Å²) in [7, 11) is 0. The highest BCUT2D eigenvalue weighted by atomic mass is 16.5. The summed E-state index contributed by atoms with van der Waals surface area (Å²) in [6.07, 6.45) is 10.5. The molecule has 4 aliphatic carbocycles. The number of ether oxygens (including phenoxy) is 1. The summed E-state index contributed by atoms with van der Waals surface area (Å²) >= 11 is 0. The van der Waals surface area contributed by atoms with Gasteiger partial charge in [-0.25, -0.2) is 0 Å². The maximum atomic E-state index is 14.3. The van der Waals surface area contributed by atoms with E-state index in [2.05, 4.69) is 62.3 Å². The Hall–Kier alpha value is -0.410. The van der Waals surface area contributed by atoms with Crippen molar-refractivity contribution in [3.05, 3.63) is 0 Å². The van der Waals surface area contributed by atoms with E-state index < -0.39 is 0 Å². The number of carbonyl (C=O) groups excluding carboxylic acids is 1. The van der Waals surface area contributed by atoms with Crippen molar-refractivity contribution in [3.8, 4) is 0 Å². The molecule has 3 heteroatoms. The summed E-state index contributed by atoms with van der Waals surface area (Å²) in [5, 5.41) is 9.61. The molecule has 10 unspecified atom stereocenters. The molecule has 0 heterocycles. The van der Waals surface area contributed by atoms with Crippen LogP contribution in [0.1, 0.15) is 120 Å². The molecule has 202 valence electrons. The maximum absolute atomic E-state index is 14.3. The second-order valence-corrected chi connectivity index (χ2v) is 15.3. The van der Waals surface area contributed by atoms with Crippen LogP contribution in [0.3, 0.4) is 0 Å². The van der Waals surface area contributed by atoms with E-state index in [0.29, 0.717) is 35.4 Å². The normalized spacial score (nSPS) is 45.0. The molecule has 0 bridgehead atoms. The molecule has 0 spiro atoms. The predicted octanol–water partition coefficient (Wildman–Crippen LogP) is 7.69. The van der Waals surface area contributed by atoms with Gasteiger partial charge < -0.3 is 9.84 Å². The van der Waals surface area contributed by atoms with E-state index in [0.717, 1.165) is 25.7 Å². The highest BCUT2D eigenvalue weighted by Crippen LogP contribution is 2.68. The zero-order valence-corrected chi connectivity index (χ0v) is 24.5. The summed E-state index contributed by atoms with van der Waals surface area (Å²) in [5.41, 5.74) is 0.446. The lowest BCUT2D eigenvalue weighted by molar-refractivity contribution is -0.193. The highest BCUT2D eigenvalue weighted by molar-refractivity contribution is 5.86. The molecule has 0 aromatic rings. The van der Waals surface area contributed by atoms with Gasteiger partial charge in [0.15, 0.2) is 0 Å². The molecule has 0 aromatic heterocycles. The Balaban J connectivity index is 1.60. The summed E-state index contributed by atoms with van der Waals surface area (Å²) < 4.78 is 6.82. The van der Waals surface area contributed by atoms with Crippen molar-refractivity contribution >= 4 is 5.78 Å². The number of hydrogen-bond donors (Lipinski definition) is 1. The third kappa shape index (κ3) is 4.37. The molecule has 0 saturated heterocycles. The molecule has 10 atom stereocenters. The number of fused-ring (bicyclic) bond motifs is 5. The van der Waals surface area contributed by atoms with E-state index in [4.69, 9.17) is 4.74 Å². The van der Waals surface area contributed by atoms with E-state index in [-0.39, 0.29) is 46.4 Å². The van der Waals surface area contributed by atoms with Gasteiger partial charge in [-0.15, -0.1) is 0 Å². The number of rotatable bonds is 6. The Morgan fingerprint density at radius 3 is 2.20 bits per heavy atom. The van der Waals surface area contributed by atoms with Crippen LogP contribution in [0, 0.1) is 57.7 Å². The molecule has 0 amide bonds. The van der Waals surface area contributed by atoms with Crippen molar-refractivity contribution in [2.24, 2.45) is 57.7 Å². The molecular formula is C32H56O3. The van der Waals surface area contributed by atoms with E-state index in [1.54, 1.807) is 0 Å². The van der Waals surface area contributed by atoms with Crippen molar-refractivity contribution in [1.82, 2.24) is 0 Å². The van der Waals surface area contributed by atoms with Crippen molar-refractivity contribution in [2.75, 3.05) is 6.61 Å². The Bertz CT molecular complexity index is 780. The zero-order valence-electron chi connectivity index (χ0n) is 24.5. The topological polar surface area (TPSA) is 46.5 Å². The van der Waals surface area contributed by atoms with Crippen LogP contribution in [0.2, 0.25) is 0 Å². The molecular weight excluding hydrogens is 432 g/mol. The summed E-state index contributed by atoms with van der Waals surface area (Å²) in [5.74, 6) is 3.83. The van der Waals surface area contributed by atoms with Crippen LogP contribution in [-0.2, 0) is 9.53 Å². The number of aliphatic hydroxyl groups is 1. The van der Waals surface area contributed by atoms with Gasteiger partial charge in [-0.1, -0.05) is 48.5 Å². The lowest BCUT2D eigenvalue weighted by Gasteiger charge is -2.62. The van der Waals surface area contributed by atoms with Crippen LogP contribution >= 0.6 is 0 Å². The van der Waals surface area contributed by atoms with Crippen LogP contribution in [0.5, 0.6) is 0 Å². The average Bonchev–Trinajstić information content (AvgIpc) is 3.11. The third-order valence-corrected chi connectivity index (χ3v) is 12.7. The zero-order chi connectivity index (χ0) is 26.0. The number of ketones is 1. The van der Waals surface area contributed by atoms with Crippen molar-refractivity contribution in [1.29, 1.82) is 0 Å². The average molecular weight is 489 g/mol. The Labute approximate surface area is 216 Å². The van der Waals surface area contributed by atoms with Crippen LogP contribution in [0.4, 0.5) is 0 Å². The molecule has 4 rings (SSSR count). The third-order valence-electron chi connectivity index (χ3n) is 12.7. The summed E-state index contributed by atoms with van der Waals surface area (Å²) in [4.78, 5) is 14.3. The molecule has 35 heavy (non-hydrogen) atoms. The lowest BCUT2D eigenvalue weighted by Crippen LogP contribution is -2.61. The highest BCUT2D eigenvalue weighted by Gasteiger charge is 2.65. The first-order valence-corrected chi connectivity index (χ1v) is 15.0. The van der Waals surface area contributed by atoms with Crippen molar-refractivity contribution < 1.29 is 14.6 Å². The molecule has 4 fully saturated rings. The maximum Gasteiger partial charge on any atom is 0.139 e. The van der Waals surface area contributed by atoms with Gasteiger partial charge in [-0.2, -0.15) is 0 Å². The van der Waals surface area contributed by atoms with Crippen LogP contribution < -0.4 is 0 Å². The largest absolute Gasteiger partial charge is 0.396 e. The summed E-state index contributed by atoms with van der Waals surface area (Å²) in [6.45, 7) is 21.3. The number of aliphatic hydroxyl groups excluding tert-OH is 1.